The van der Waals surface area contributed by atoms with Gasteiger partial charge in [0.05, 0.1) is 19.3 Å². The Morgan fingerprint density at radius 1 is 1.67 bits per heavy atom. The van der Waals surface area contributed by atoms with Crippen molar-refractivity contribution in [1.29, 1.82) is 0 Å². The van der Waals surface area contributed by atoms with Crippen LogP contribution < -0.4 is 0 Å². The summed E-state index contributed by atoms with van der Waals surface area (Å²) >= 11 is 0. The van der Waals surface area contributed by atoms with Crippen molar-refractivity contribution in [2.75, 3.05) is 13.2 Å². The van der Waals surface area contributed by atoms with Crippen LogP contribution in [0.5, 0.6) is 0 Å². The van der Waals surface area contributed by atoms with Gasteiger partial charge < -0.3 is 19.1 Å². The summed E-state index contributed by atoms with van der Waals surface area (Å²) in [5.41, 5.74) is 0. The maximum Gasteiger partial charge on any atom is 0.434 e. The lowest BCUT2D eigenvalue weighted by Gasteiger charge is -2.25. The van der Waals surface area contributed by atoms with Crippen LogP contribution in [0.15, 0.2) is 0 Å². The average molecular weight is 148 g/mol. The van der Waals surface area contributed by atoms with E-state index in [9.17, 15) is 0 Å². The molecule has 0 bridgehead atoms. The molecule has 0 spiro atoms. The Bertz CT molecular complexity index is 88.6. The first-order chi connectivity index (χ1) is 4.34. The van der Waals surface area contributed by atoms with E-state index in [1.54, 1.807) is 0 Å². The molecule has 1 rings (SSSR count). The van der Waals surface area contributed by atoms with Crippen LogP contribution in [0, 0.1) is 0 Å². The molecule has 2 N–H and O–H groups in total. The molecule has 1 heterocycles. The lowest BCUT2D eigenvalue weighted by Crippen LogP contribution is -2.42. The molecule has 4 nitrogen and oxygen atoms in total. The highest BCUT2D eigenvalue weighted by Gasteiger charge is 2.24. The van der Waals surface area contributed by atoms with Gasteiger partial charge in [-0.1, -0.05) is 0 Å². The zero-order valence-corrected chi connectivity index (χ0v) is 5.78. The Morgan fingerprint density at radius 3 is 2.89 bits per heavy atom. The largest absolute Gasteiger partial charge is 0.434 e. The van der Waals surface area contributed by atoms with Crippen LogP contribution in [0.4, 0.5) is 0 Å². The summed E-state index contributed by atoms with van der Waals surface area (Å²) in [6.07, 6.45) is -1.12. The van der Waals surface area contributed by atoms with Gasteiger partial charge in [0.2, 0.25) is 0 Å². The molecule has 2 radical (unpaired) electrons. The van der Waals surface area contributed by atoms with Gasteiger partial charge >= 0.3 is 10.0 Å². The highest BCUT2D eigenvalue weighted by atomic mass is 28.3. The molecule has 0 aromatic heterocycles. The minimum atomic E-state index is -0.670. The maximum absolute atomic E-state index is 8.96. The Kier molecular flexibility index (Phi) is 2.61. The second-order valence-electron chi connectivity index (χ2n) is 1.80. The molecule has 0 unspecified atom stereocenters. The summed E-state index contributed by atoms with van der Waals surface area (Å²) in [7, 11) is -0.0452. The highest BCUT2D eigenvalue weighted by Crippen LogP contribution is 2.03. The van der Waals surface area contributed by atoms with Crippen LogP contribution in [0.25, 0.3) is 0 Å². The second-order valence-corrected chi connectivity index (χ2v) is 2.49. The van der Waals surface area contributed by atoms with Crippen LogP contribution in [0.3, 0.4) is 0 Å². The summed E-state index contributed by atoms with van der Waals surface area (Å²) in [4.78, 5) is 0. The first kappa shape index (κ1) is 7.17. The number of aliphatic hydroxyl groups excluding tert-OH is 2. The Labute approximate surface area is 55.5 Å². The van der Waals surface area contributed by atoms with Crippen molar-refractivity contribution in [3.8, 4) is 0 Å². The number of hydrogen-bond donors (Lipinski definition) is 2. The smallest absolute Gasteiger partial charge is 0.394 e. The summed E-state index contributed by atoms with van der Waals surface area (Å²) in [6.45, 7) is 0.126. The van der Waals surface area contributed by atoms with Gasteiger partial charge in [0, 0.05) is 0 Å². The quantitative estimate of drug-likeness (QED) is 0.435. The number of rotatable bonds is 1. The van der Waals surface area contributed by atoms with Crippen LogP contribution in [0.2, 0.25) is 0 Å². The van der Waals surface area contributed by atoms with E-state index in [4.69, 9.17) is 19.1 Å². The van der Waals surface area contributed by atoms with Gasteiger partial charge in [-0.25, -0.2) is 0 Å². The van der Waals surface area contributed by atoms with E-state index in [0.29, 0.717) is 0 Å². The van der Waals surface area contributed by atoms with Crippen molar-refractivity contribution in [2.45, 2.75) is 12.2 Å². The van der Waals surface area contributed by atoms with Crippen LogP contribution in [0.1, 0.15) is 0 Å². The lowest BCUT2D eigenvalue weighted by molar-refractivity contribution is -0.0606. The monoisotopic (exact) mass is 148 g/mol. The molecule has 0 aliphatic carbocycles. The van der Waals surface area contributed by atoms with Crippen molar-refractivity contribution < 1.29 is 19.1 Å². The van der Waals surface area contributed by atoms with Crippen molar-refractivity contribution in [3.05, 3.63) is 0 Å². The molecule has 1 fully saturated rings. The SMILES string of the molecule is OC[C@@H]1O[Si]OC[C@H]1O. The molecule has 2 atom stereocenters. The Morgan fingerprint density at radius 2 is 2.44 bits per heavy atom. The van der Waals surface area contributed by atoms with Crippen LogP contribution in [-0.4, -0.2) is 45.6 Å². The number of aliphatic hydroxyl groups is 2. The van der Waals surface area contributed by atoms with Gasteiger partial charge in [-0.15, -0.1) is 0 Å². The first-order valence-electron chi connectivity index (χ1n) is 2.66. The van der Waals surface area contributed by atoms with E-state index in [0.717, 1.165) is 0 Å². The van der Waals surface area contributed by atoms with Crippen molar-refractivity contribution in [2.24, 2.45) is 0 Å². The van der Waals surface area contributed by atoms with Gasteiger partial charge in [-0.3, -0.25) is 0 Å². The summed E-state index contributed by atoms with van der Waals surface area (Å²) in [5.74, 6) is 0. The van der Waals surface area contributed by atoms with E-state index in [1.807, 2.05) is 0 Å². The zero-order valence-electron chi connectivity index (χ0n) is 4.78. The maximum atomic E-state index is 8.96. The van der Waals surface area contributed by atoms with Gasteiger partial charge in [0.25, 0.3) is 0 Å². The molecular formula is C4H8O4Si. The summed E-state index contributed by atoms with van der Waals surface area (Å²) < 4.78 is 9.60. The fourth-order valence-electron chi connectivity index (χ4n) is 0.560. The normalized spacial score (nSPS) is 36.7. The summed E-state index contributed by atoms with van der Waals surface area (Å²) in [6, 6.07) is 0. The molecule has 0 aromatic rings. The fraction of sp³-hybridized carbons (Fsp3) is 1.00. The van der Waals surface area contributed by atoms with E-state index in [1.165, 1.54) is 0 Å². The van der Waals surface area contributed by atoms with Crippen molar-refractivity contribution >= 4 is 10.0 Å². The molecule has 1 saturated heterocycles. The van der Waals surface area contributed by atoms with E-state index >= 15 is 0 Å². The second kappa shape index (κ2) is 3.28. The standard InChI is InChI=1S/C4H8O4Si/c5-1-4-3(6)2-7-9-8-4/h3-6H,1-2H2/t3-,4+/m1/s1. The molecule has 52 valence electrons. The molecule has 0 aromatic carbocycles. The fourth-order valence-corrected chi connectivity index (χ4v) is 1.22. The molecule has 1 aliphatic heterocycles. The first-order valence-corrected chi connectivity index (χ1v) is 3.47. The minimum Gasteiger partial charge on any atom is -0.394 e. The Hall–Kier alpha value is 0.0569. The van der Waals surface area contributed by atoms with Crippen molar-refractivity contribution in [3.63, 3.8) is 0 Å². The number of hydrogen-bond acceptors (Lipinski definition) is 4. The molecule has 0 saturated carbocycles. The van der Waals surface area contributed by atoms with E-state index < -0.39 is 12.2 Å². The van der Waals surface area contributed by atoms with Crippen LogP contribution >= 0.6 is 0 Å². The van der Waals surface area contributed by atoms with Crippen molar-refractivity contribution in [1.82, 2.24) is 0 Å². The van der Waals surface area contributed by atoms with E-state index in [2.05, 4.69) is 0 Å². The zero-order chi connectivity index (χ0) is 6.69. The average Bonchev–Trinajstić information content (AvgIpc) is 1.89. The third-order valence-corrected chi connectivity index (χ3v) is 1.81. The van der Waals surface area contributed by atoms with Gasteiger partial charge in [0.15, 0.2) is 0 Å². The van der Waals surface area contributed by atoms with Gasteiger partial charge in [0.1, 0.15) is 6.10 Å². The molecule has 5 heteroatoms. The molecule has 9 heavy (non-hydrogen) atoms. The van der Waals surface area contributed by atoms with Crippen LogP contribution in [-0.2, 0) is 8.85 Å². The third kappa shape index (κ3) is 1.73. The highest BCUT2D eigenvalue weighted by molar-refractivity contribution is 6.18. The van der Waals surface area contributed by atoms with E-state index in [-0.39, 0.29) is 23.2 Å². The Balaban J connectivity index is 2.30. The van der Waals surface area contributed by atoms with Gasteiger partial charge in [-0.05, 0) is 0 Å². The third-order valence-electron chi connectivity index (χ3n) is 1.12. The molecule has 0 amide bonds. The lowest BCUT2D eigenvalue weighted by atomic mass is 10.2. The topological polar surface area (TPSA) is 58.9 Å². The molecule has 1 aliphatic rings. The summed E-state index contributed by atoms with van der Waals surface area (Å²) in [5, 5.41) is 17.5. The molecular weight excluding hydrogens is 140 g/mol. The van der Waals surface area contributed by atoms with Gasteiger partial charge in [-0.2, -0.15) is 0 Å². The predicted molar refractivity (Wildman–Crippen MR) is 29.7 cm³/mol. The minimum absolute atomic E-state index is 0.0452. The predicted octanol–water partition coefficient (Wildman–Crippen LogP) is -1.71.